The fourth-order valence-corrected chi connectivity index (χ4v) is 1.92. The van der Waals surface area contributed by atoms with Crippen LogP contribution in [0.1, 0.15) is 16.7 Å². The Bertz CT molecular complexity index is 642. The number of nitro benzene ring substituents is 1. The van der Waals surface area contributed by atoms with E-state index < -0.39 is 10.9 Å². The Labute approximate surface area is 117 Å². The van der Waals surface area contributed by atoms with Gasteiger partial charge in [-0.1, -0.05) is 17.2 Å². The SMILES string of the molecule is CCOC(=O)c1nnc(Oc2ccccc2[N+](=O)[O-])s1. The van der Waals surface area contributed by atoms with Gasteiger partial charge < -0.3 is 9.47 Å². The van der Waals surface area contributed by atoms with Gasteiger partial charge in [-0.25, -0.2) is 4.79 Å². The summed E-state index contributed by atoms with van der Waals surface area (Å²) in [7, 11) is 0. The average Bonchev–Trinajstić information content (AvgIpc) is 2.88. The van der Waals surface area contributed by atoms with E-state index in [1.54, 1.807) is 13.0 Å². The maximum atomic E-state index is 11.4. The molecular formula is C11H9N3O5S. The van der Waals surface area contributed by atoms with E-state index in [9.17, 15) is 14.9 Å². The molecule has 2 aromatic rings. The summed E-state index contributed by atoms with van der Waals surface area (Å²) < 4.78 is 10.0. The molecule has 0 aliphatic carbocycles. The number of para-hydroxylation sites is 2. The molecule has 0 spiro atoms. The van der Waals surface area contributed by atoms with E-state index in [0.717, 1.165) is 11.3 Å². The minimum absolute atomic E-state index is 0.0282. The Morgan fingerprint density at radius 2 is 2.15 bits per heavy atom. The normalized spacial score (nSPS) is 10.1. The van der Waals surface area contributed by atoms with Gasteiger partial charge in [-0.2, -0.15) is 0 Å². The van der Waals surface area contributed by atoms with E-state index in [1.807, 2.05) is 0 Å². The van der Waals surface area contributed by atoms with Crippen LogP contribution >= 0.6 is 11.3 Å². The van der Waals surface area contributed by atoms with Crippen LogP contribution in [0, 0.1) is 10.1 Å². The second kappa shape index (κ2) is 6.06. The minimum atomic E-state index is -0.609. The number of carbonyl (C=O) groups excluding carboxylic acids is 1. The Kier molecular flexibility index (Phi) is 4.20. The smallest absolute Gasteiger partial charge is 0.369 e. The van der Waals surface area contributed by atoms with Crippen LogP contribution < -0.4 is 4.74 Å². The summed E-state index contributed by atoms with van der Waals surface area (Å²) in [6, 6.07) is 5.86. The van der Waals surface area contributed by atoms with Gasteiger partial charge in [-0.05, 0) is 24.3 Å². The third-order valence-electron chi connectivity index (χ3n) is 2.12. The van der Waals surface area contributed by atoms with Crippen LogP contribution in [-0.2, 0) is 4.74 Å². The minimum Gasteiger partial charge on any atom is -0.461 e. The number of benzene rings is 1. The highest BCUT2D eigenvalue weighted by Gasteiger charge is 2.19. The van der Waals surface area contributed by atoms with Gasteiger partial charge in [0, 0.05) is 6.07 Å². The maximum Gasteiger partial charge on any atom is 0.369 e. The van der Waals surface area contributed by atoms with Crippen molar-refractivity contribution in [1.29, 1.82) is 0 Å². The summed E-state index contributed by atoms with van der Waals surface area (Å²) >= 11 is 0.855. The lowest BCUT2D eigenvalue weighted by Crippen LogP contribution is -2.03. The van der Waals surface area contributed by atoms with Crippen molar-refractivity contribution in [3.63, 3.8) is 0 Å². The molecule has 1 aromatic heterocycles. The highest BCUT2D eigenvalue weighted by atomic mass is 32.1. The van der Waals surface area contributed by atoms with Crippen LogP contribution in [0.15, 0.2) is 24.3 Å². The van der Waals surface area contributed by atoms with Crippen LogP contribution in [0.3, 0.4) is 0 Å². The van der Waals surface area contributed by atoms with Gasteiger partial charge in [0.25, 0.3) is 5.19 Å². The number of esters is 1. The Morgan fingerprint density at radius 1 is 1.40 bits per heavy atom. The number of aromatic nitrogens is 2. The van der Waals surface area contributed by atoms with Crippen molar-refractivity contribution >= 4 is 23.0 Å². The first-order valence-electron chi connectivity index (χ1n) is 5.53. The summed E-state index contributed by atoms with van der Waals surface area (Å²) in [5.41, 5.74) is -0.194. The monoisotopic (exact) mass is 295 g/mol. The fourth-order valence-electron chi connectivity index (χ4n) is 1.31. The first-order chi connectivity index (χ1) is 9.61. The molecule has 104 valence electrons. The van der Waals surface area contributed by atoms with Gasteiger partial charge in [0.2, 0.25) is 10.8 Å². The van der Waals surface area contributed by atoms with Gasteiger partial charge >= 0.3 is 11.7 Å². The van der Waals surface area contributed by atoms with Crippen molar-refractivity contribution in [1.82, 2.24) is 10.2 Å². The predicted octanol–water partition coefficient (Wildman–Crippen LogP) is 2.42. The number of carbonyl (C=O) groups is 1. The molecule has 1 heterocycles. The van der Waals surface area contributed by atoms with Crippen molar-refractivity contribution in [2.24, 2.45) is 0 Å². The molecule has 0 N–H and O–H groups in total. The predicted molar refractivity (Wildman–Crippen MR) is 69.0 cm³/mol. The molecule has 0 unspecified atom stereocenters. The summed E-state index contributed by atoms with van der Waals surface area (Å²) in [5.74, 6) is -0.577. The summed E-state index contributed by atoms with van der Waals surface area (Å²) in [6.07, 6.45) is 0. The van der Waals surface area contributed by atoms with Gasteiger partial charge in [0.05, 0.1) is 11.5 Å². The molecule has 8 nitrogen and oxygen atoms in total. The molecule has 0 saturated carbocycles. The van der Waals surface area contributed by atoms with Crippen LogP contribution in [0.2, 0.25) is 0 Å². The first kappa shape index (κ1) is 13.9. The fraction of sp³-hybridized carbons (Fsp3) is 0.182. The second-order valence-electron chi connectivity index (χ2n) is 3.42. The lowest BCUT2D eigenvalue weighted by Gasteiger charge is -2.01. The highest BCUT2D eigenvalue weighted by Crippen LogP contribution is 2.32. The van der Waals surface area contributed by atoms with E-state index >= 15 is 0 Å². The first-order valence-corrected chi connectivity index (χ1v) is 6.35. The van der Waals surface area contributed by atoms with Gasteiger partial charge in [0.15, 0.2) is 0 Å². The van der Waals surface area contributed by atoms with E-state index in [4.69, 9.17) is 9.47 Å². The molecule has 0 aliphatic heterocycles. The van der Waals surface area contributed by atoms with Crippen LogP contribution in [0.25, 0.3) is 0 Å². The quantitative estimate of drug-likeness (QED) is 0.474. The topological polar surface area (TPSA) is 104 Å². The molecule has 0 aliphatic rings. The Hall–Kier alpha value is -2.55. The highest BCUT2D eigenvalue weighted by molar-refractivity contribution is 7.14. The molecule has 0 radical (unpaired) electrons. The lowest BCUT2D eigenvalue weighted by atomic mass is 10.3. The Balaban J connectivity index is 2.19. The summed E-state index contributed by atoms with van der Waals surface area (Å²) in [5, 5.41) is 18.1. The molecule has 0 bridgehead atoms. The van der Waals surface area contributed by atoms with Crippen molar-refractivity contribution in [3.05, 3.63) is 39.4 Å². The van der Waals surface area contributed by atoms with Crippen LogP contribution in [-0.4, -0.2) is 27.7 Å². The molecule has 0 fully saturated rings. The van der Waals surface area contributed by atoms with E-state index in [2.05, 4.69) is 10.2 Å². The molecular weight excluding hydrogens is 286 g/mol. The third-order valence-corrected chi connectivity index (χ3v) is 2.90. The molecule has 1 aromatic carbocycles. The third kappa shape index (κ3) is 3.06. The van der Waals surface area contributed by atoms with E-state index in [-0.39, 0.29) is 28.2 Å². The van der Waals surface area contributed by atoms with Gasteiger partial charge in [-0.15, -0.1) is 5.10 Å². The Morgan fingerprint density at radius 3 is 2.85 bits per heavy atom. The molecule has 0 saturated heterocycles. The van der Waals surface area contributed by atoms with Gasteiger partial charge in [-0.3, -0.25) is 10.1 Å². The standard InChI is InChI=1S/C11H9N3O5S/c1-2-18-10(15)9-12-13-11(20-9)19-8-6-4-3-5-7(8)14(16)17/h3-6H,2H2,1H3. The van der Waals surface area contributed by atoms with Crippen molar-refractivity contribution < 1.29 is 19.2 Å². The number of nitrogens with zero attached hydrogens (tertiary/aromatic N) is 3. The van der Waals surface area contributed by atoms with Gasteiger partial charge in [0.1, 0.15) is 0 Å². The molecule has 0 atom stereocenters. The zero-order valence-corrected chi connectivity index (χ0v) is 11.1. The second-order valence-corrected chi connectivity index (χ2v) is 4.36. The van der Waals surface area contributed by atoms with Crippen molar-refractivity contribution in [2.45, 2.75) is 6.92 Å². The van der Waals surface area contributed by atoms with Crippen molar-refractivity contribution in [3.8, 4) is 10.9 Å². The number of hydrogen-bond donors (Lipinski definition) is 0. The lowest BCUT2D eigenvalue weighted by molar-refractivity contribution is -0.385. The molecule has 20 heavy (non-hydrogen) atoms. The largest absolute Gasteiger partial charge is 0.461 e. The summed E-state index contributed by atoms with van der Waals surface area (Å²) in [4.78, 5) is 21.7. The average molecular weight is 295 g/mol. The summed E-state index contributed by atoms with van der Waals surface area (Å²) in [6.45, 7) is 1.89. The molecule has 0 amide bonds. The van der Waals surface area contributed by atoms with Crippen molar-refractivity contribution in [2.75, 3.05) is 6.61 Å². The number of ether oxygens (including phenoxy) is 2. The van der Waals surface area contributed by atoms with Crippen LogP contribution in [0.5, 0.6) is 10.9 Å². The van der Waals surface area contributed by atoms with E-state index in [1.165, 1.54) is 18.2 Å². The number of hydrogen-bond acceptors (Lipinski definition) is 8. The zero-order valence-electron chi connectivity index (χ0n) is 10.3. The van der Waals surface area contributed by atoms with E-state index in [0.29, 0.717) is 0 Å². The molecule has 2 rings (SSSR count). The number of rotatable bonds is 5. The maximum absolute atomic E-state index is 11.4. The zero-order chi connectivity index (χ0) is 14.5. The molecule has 9 heteroatoms. The number of nitro groups is 1. The van der Waals surface area contributed by atoms with Crippen LogP contribution in [0.4, 0.5) is 5.69 Å².